The van der Waals surface area contributed by atoms with Crippen LogP contribution in [0.15, 0.2) is 292 Å². The molecule has 0 bridgehead atoms. The molecule has 0 aliphatic heterocycles. The van der Waals surface area contributed by atoms with E-state index in [1.165, 1.54) is 66.8 Å². The Kier molecular flexibility index (Phi) is 14.4. The number of pyridine rings is 6. The fourth-order valence-corrected chi connectivity index (χ4v) is 10.7. The summed E-state index contributed by atoms with van der Waals surface area (Å²) in [5.74, 6) is 0. The second kappa shape index (κ2) is 22.7. The minimum Gasteiger partial charge on any atom is -0.254 e. The molecule has 0 N–H and O–H groups in total. The maximum atomic E-state index is 4.67. The van der Waals surface area contributed by atoms with Crippen LogP contribution in [0.1, 0.15) is 0 Å². The average Bonchev–Trinajstić information content (AvgIpc) is 3.63. The van der Waals surface area contributed by atoms with Gasteiger partial charge in [-0.05, 0) is 103 Å². The molecule has 0 aliphatic carbocycles. The van der Waals surface area contributed by atoms with E-state index >= 15 is 0 Å². The molecule has 79 heavy (non-hydrogen) atoms. The van der Waals surface area contributed by atoms with Gasteiger partial charge in [0.2, 0.25) is 0 Å². The predicted molar refractivity (Wildman–Crippen MR) is 324 cm³/mol. The predicted octanol–water partition coefficient (Wildman–Crippen LogP) is 18.3. The minimum atomic E-state index is 0. The van der Waals surface area contributed by atoms with Crippen molar-refractivity contribution in [3.05, 3.63) is 292 Å². The van der Waals surface area contributed by atoms with Crippen LogP contribution in [0.3, 0.4) is 0 Å². The Hall–Kier alpha value is -9.94. The monoisotopic (exact) mass is 1100 g/mol. The molecule has 0 saturated heterocycles. The standard InChI is InChI=1S/3C24H16N2.Rh/c3*1-3-7-17(8-4-1)19-13-15-25-23-21(19)11-12-22-20(14-16-26-24(22)23)18-9-5-2-6-10-18;/h3*1-16H;/q;;;+3. The molecular weight excluding hydrogens is 1050 g/mol. The van der Waals surface area contributed by atoms with E-state index < -0.39 is 0 Å². The quantitative estimate of drug-likeness (QED) is 0.122. The van der Waals surface area contributed by atoms with Crippen molar-refractivity contribution in [3.8, 4) is 66.8 Å². The Bertz CT molecular complexity index is 3820. The average molecular weight is 1100 g/mol. The van der Waals surface area contributed by atoms with Gasteiger partial charge in [-0.15, -0.1) is 0 Å². The fraction of sp³-hybridized carbons (Fsp3) is 0. The Morgan fingerprint density at radius 1 is 0.152 bits per heavy atom. The topological polar surface area (TPSA) is 77.3 Å². The summed E-state index contributed by atoms with van der Waals surface area (Å²) in [6.45, 7) is 0. The molecule has 6 nitrogen and oxygen atoms in total. The molecule has 372 valence electrons. The summed E-state index contributed by atoms with van der Waals surface area (Å²) in [4.78, 5) is 28.0. The number of hydrogen-bond donors (Lipinski definition) is 0. The van der Waals surface area contributed by atoms with E-state index in [0.717, 1.165) is 65.4 Å². The van der Waals surface area contributed by atoms with Crippen LogP contribution in [0.25, 0.3) is 132 Å². The number of fused-ring (bicyclic) bond motifs is 9. The van der Waals surface area contributed by atoms with Crippen LogP contribution < -0.4 is 0 Å². The largest absolute Gasteiger partial charge is 3.00 e. The number of aromatic nitrogens is 6. The van der Waals surface area contributed by atoms with Gasteiger partial charge in [-0.2, -0.15) is 0 Å². The van der Waals surface area contributed by atoms with Crippen molar-refractivity contribution in [1.29, 1.82) is 0 Å². The van der Waals surface area contributed by atoms with Gasteiger partial charge in [0.05, 0.1) is 33.1 Å². The van der Waals surface area contributed by atoms with Gasteiger partial charge in [-0.25, -0.2) is 0 Å². The fourth-order valence-electron chi connectivity index (χ4n) is 10.7. The van der Waals surface area contributed by atoms with Crippen LogP contribution in [0.2, 0.25) is 0 Å². The molecule has 0 aliphatic rings. The summed E-state index contributed by atoms with van der Waals surface area (Å²) in [5, 5.41) is 6.77. The molecule has 6 heterocycles. The maximum absolute atomic E-state index is 4.67. The summed E-state index contributed by atoms with van der Waals surface area (Å²) >= 11 is 0. The smallest absolute Gasteiger partial charge is 0.254 e. The summed E-state index contributed by atoms with van der Waals surface area (Å²) in [6, 6.07) is 88.0. The molecule has 0 amide bonds. The maximum Gasteiger partial charge on any atom is 3.00 e. The molecule has 7 heteroatoms. The number of hydrogen-bond acceptors (Lipinski definition) is 6. The van der Waals surface area contributed by atoms with Crippen molar-refractivity contribution in [2.45, 2.75) is 0 Å². The van der Waals surface area contributed by atoms with Gasteiger partial charge in [0.1, 0.15) is 0 Å². The molecule has 0 radical (unpaired) electrons. The van der Waals surface area contributed by atoms with E-state index in [-0.39, 0.29) is 19.5 Å². The van der Waals surface area contributed by atoms with Crippen molar-refractivity contribution in [3.63, 3.8) is 0 Å². The van der Waals surface area contributed by atoms with E-state index in [1.54, 1.807) is 0 Å². The molecule has 0 unspecified atom stereocenters. The molecular formula is C72H48N6Rh+3. The van der Waals surface area contributed by atoms with Gasteiger partial charge in [-0.3, -0.25) is 29.9 Å². The van der Waals surface area contributed by atoms with Crippen molar-refractivity contribution < 1.29 is 19.5 Å². The van der Waals surface area contributed by atoms with Crippen LogP contribution in [-0.4, -0.2) is 29.9 Å². The molecule has 0 spiro atoms. The molecule has 6 aromatic heterocycles. The Labute approximate surface area is 470 Å². The summed E-state index contributed by atoms with van der Waals surface area (Å²) < 4.78 is 0. The van der Waals surface area contributed by atoms with Crippen LogP contribution in [0.4, 0.5) is 0 Å². The van der Waals surface area contributed by atoms with Crippen molar-refractivity contribution in [1.82, 2.24) is 29.9 Å². The van der Waals surface area contributed by atoms with Gasteiger partial charge < -0.3 is 0 Å². The number of rotatable bonds is 6. The molecule has 0 saturated carbocycles. The van der Waals surface area contributed by atoms with Gasteiger partial charge >= 0.3 is 19.5 Å². The van der Waals surface area contributed by atoms with Gasteiger partial charge in [0.15, 0.2) is 0 Å². The van der Waals surface area contributed by atoms with E-state index in [4.69, 9.17) is 0 Å². The Balaban J connectivity index is 0.000000118. The zero-order chi connectivity index (χ0) is 52.0. The van der Waals surface area contributed by atoms with E-state index in [2.05, 4.69) is 248 Å². The van der Waals surface area contributed by atoms with Crippen LogP contribution in [0.5, 0.6) is 0 Å². The van der Waals surface area contributed by atoms with Crippen LogP contribution in [0, 0.1) is 0 Å². The summed E-state index contributed by atoms with van der Waals surface area (Å²) in [7, 11) is 0. The number of benzene rings is 9. The molecule has 15 aromatic rings. The van der Waals surface area contributed by atoms with E-state index in [0.29, 0.717) is 0 Å². The molecule has 9 aromatic carbocycles. The Morgan fingerprint density at radius 2 is 0.291 bits per heavy atom. The third kappa shape index (κ3) is 9.92. The first kappa shape index (κ1) is 49.9. The third-order valence-corrected chi connectivity index (χ3v) is 14.4. The third-order valence-electron chi connectivity index (χ3n) is 14.4. The zero-order valence-electron chi connectivity index (χ0n) is 42.7. The second-order valence-corrected chi connectivity index (χ2v) is 18.9. The first-order chi connectivity index (χ1) is 38.7. The van der Waals surface area contributed by atoms with E-state index in [9.17, 15) is 0 Å². The molecule has 0 atom stereocenters. The molecule has 0 fully saturated rings. The van der Waals surface area contributed by atoms with Crippen molar-refractivity contribution in [2.24, 2.45) is 0 Å². The van der Waals surface area contributed by atoms with Crippen LogP contribution >= 0.6 is 0 Å². The first-order valence-corrected chi connectivity index (χ1v) is 26.1. The Morgan fingerprint density at radius 3 is 0.430 bits per heavy atom. The van der Waals surface area contributed by atoms with E-state index in [1.807, 2.05) is 73.6 Å². The minimum absolute atomic E-state index is 0. The van der Waals surface area contributed by atoms with Gasteiger partial charge in [0.25, 0.3) is 0 Å². The molecule has 15 rings (SSSR count). The van der Waals surface area contributed by atoms with Gasteiger partial charge in [-0.1, -0.05) is 218 Å². The number of nitrogens with zero attached hydrogens (tertiary/aromatic N) is 6. The zero-order valence-corrected chi connectivity index (χ0v) is 44.4. The normalized spacial score (nSPS) is 10.9. The summed E-state index contributed by atoms with van der Waals surface area (Å²) in [6.07, 6.45) is 11.3. The summed E-state index contributed by atoms with van der Waals surface area (Å²) in [5.41, 5.74) is 19.9. The van der Waals surface area contributed by atoms with Crippen molar-refractivity contribution in [2.75, 3.05) is 0 Å². The SMILES string of the molecule is [Rh+3].c1ccc(-c2ccnc3c2ccc2c(-c4ccccc4)ccnc23)cc1.c1ccc(-c2ccnc3c2ccc2c(-c4ccccc4)ccnc23)cc1.c1ccc(-c2ccnc3c2ccc2c(-c4ccccc4)ccnc23)cc1. The van der Waals surface area contributed by atoms with Crippen LogP contribution in [-0.2, 0) is 19.5 Å². The second-order valence-electron chi connectivity index (χ2n) is 18.9. The first-order valence-electron chi connectivity index (χ1n) is 26.1. The van der Waals surface area contributed by atoms with Crippen molar-refractivity contribution >= 4 is 65.4 Å². The van der Waals surface area contributed by atoms with Gasteiger partial charge in [0, 0.05) is 69.5 Å².